The summed E-state index contributed by atoms with van der Waals surface area (Å²) in [6, 6.07) is 9.27. The number of benzene rings is 1. The number of hydrogen-bond acceptors (Lipinski definition) is 3. The van der Waals surface area contributed by atoms with Crippen molar-refractivity contribution in [3.63, 3.8) is 0 Å². The number of thiol groups is 1. The Bertz CT molecular complexity index is 707. The van der Waals surface area contributed by atoms with Gasteiger partial charge < -0.3 is 5.32 Å². The summed E-state index contributed by atoms with van der Waals surface area (Å²) in [6.07, 6.45) is 0.638. The number of aromatic nitrogens is 2. The summed E-state index contributed by atoms with van der Waals surface area (Å²) in [4.78, 5) is 11.2. The van der Waals surface area contributed by atoms with Crippen molar-refractivity contribution in [2.75, 3.05) is 5.32 Å². The molecular formula is C15H15Cl2N3OS. The predicted molar refractivity (Wildman–Crippen MR) is 93.2 cm³/mol. The van der Waals surface area contributed by atoms with Crippen molar-refractivity contribution in [1.29, 1.82) is 0 Å². The predicted octanol–water partition coefficient (Wildman–Crippen LogP) is 4.77. The molecule has 0 aliphatic carbocycles. The van der Waals surface area contributed by atoms with Gasteiger partial charge in [0.2, 0.25) is 0 Å². The molecule has 4 nitrogen and oxygen atoms in total. The van der Waals surface area contributed by atoms with E-state index in [0.717, 1.165) is 16.8 Å². The van der Waals surface area contributed by atoms with E-state index in [2.05, 4.69) is 28.1 Å². The van der Waals surface area contributed by atoms with Crippen LogP contribution < -0.4 is 5.32 Å². The van der Waals surface area contributed by atoms with Gasteiger partial charge in [-0.3, -0.25) is 4.79 Å². The second-order valence-electron chi connectivity index (χ2n) is 5.52. The number of carbonyl (C=O) groups excluding carboxylic acids is 1. The van der Waals surface area contributed by atoms with E-state index in [-0.39, 0.29) is 5.41 Å². The molecule has 116 valence electrons. The summed E-state index contributed by atoms with van der Waals surface area (Å²) >= 11 is 15.8. The molecule has 0 fully saturated rings. The van der Waals surface area contributed by atoms with Crippen molar-refractivity contribution in [1.82, 2.24) is 10.2 Å². The Morgan fingerprint density at radius 3 is 2.64 bits per heavy atom. The lowest BCUT2D eigenvalue weighted by atomic mass is 9.79. The largest absolute Gasteiger partial charge is 0.317 e. The third-order valence-electron chi connectivity index (χ3n) is 3.34. The molecule has 0 aliphatic heterocycles. The molecule has 0 atom stereocenters. The average Bonchev–Trinajstić information content (AvgIpc) is 2.43. The van der Waals surface area contributed by atoms with Crippen LogP contribution in [0.3, 0.4) is 0 Å². The first-order valence-electron chi connectivity index (χ1n) is 6.56. The number of carbonyl (C=O) groups is 1. The minimum atomic E-state index is -0.406. The first kappa shape index (κ1) is 17.1. The fourth-order valence-corrected chi connectivity index (χ4v) is 2.93. The van der Waals surface area contributed by atoms with Crippen molar-refractivity contribution in [2.45, 2.75) is 25.7 Å². The first-order chi connectivity index (χ1) is 10.3. The van der Waals surface area contributed by atoms with Gasteiger partial charge in [0.15, 0.2) is 10.3 Å². The minimum absolute atomic E-state index is 0.296. The van der Waals surface area contributed by atoms with Gasteiger partial charge in [0.05, 0.1) is 0 Å². The molecule has 0 bridgehead atoms. The molecule has 1 heterocycles. The molecule has 0 aliphatic rings. The zero-order valence-corrected chi connectivity index (χ0v) is 14.5. The van der Waals surface area contributed by atoms with Gasteiger partial charge in [-0.05, 0) is 29.5 Å². The quantitative estimate of drug-likeness (QED) is 0.777. The lowest BCUT2D eigenvalue weighted by Crippen LogP contribution is -2.22. The fourth-order valence-electron chi connectivity index (χ4n) is 2.31. The Hall–Kier alpha value is -1.30. The van der Waals surface area contributed by atoms with Gasteiger partial charge in [0.1, 0.15) is 0 Å². The lowest BCUT2D eigenvalue weighted by Gasteiger charge is -2.27. The summed E-state index contributed by atoms with van der Waals surface area (Å²) in [7, 11) is 0. The van der Waals surface area contributed by atoms with Crippen LogP contribution in [0.4, 0.5) is 10.5 Å². The van der Waals surface area contributed by atoms with Gasteiger partial charge in [0, 0.05) is 11.3 Å². The van der Waals surface area contributed by atoms with Gasteiger partial charge in [-0.2, -0.15) is 0 Å². The number of halogens is 2. The second-order valence-corrected chi connectivity index (χ2v) is 6.67. The Morgan fingerprint density at radius 1 is 1.27 bits per heavy atom. The number of nitrogens with zero attached hydrogens (tertiary/aromatic N) is 2. The van der Waals surface area contributed by atoms with Gasteiger partial charge in [-0.25, -0.2) is 0 Å². The van der Waals surface area contributed by atoms with Gasteiger partial charge >= 0.3 is 0 Å². The number of amides is 1. The van der Waals surface area contributed by atoms with Gasteiger partial charge in [-0.15, -0.1) is 10.2 Å². The average molecular weight is 356 g/mol. The molecule has 0 saturated carbocycles. The number of anilines is 1. The molecule has 1 N–H and O–H groups in total. The van der Waals surface area contributed by atoms with Gasteiger partial charge in [0.25, 0.3) is 5.24 Å². The molecule has 7 heteroatoms. The van der Waals surface area contributed by atoms with Crippen LogP contribution >= 0.6 is 35.8 Å². The highest BCUT2D eigenvalue weighted by Gasteiger charge is 2.26. The van der Waals surface area contributed by atoms with E-state index in [4.69, 9.17) is 23.2 Å². The zero-order valence-electron chi connectivity index (χ0n) is 12.1. The fraction of sp³-hybridized carbons (Fsp3) is 0.267. The van der Waals surface area contributed by atoms with Crippen LogP contribution in [0.1, 0.15) is 25.0 Å². The van der Waals surface area contributed by atoms with E-state index in [1.54, 1.807) is 6.07 Å². The van der Waals surface area contributed by atoms with Crippen LogP contribution in [-0.2, 0) is 11.8 Å². The maximum atomic E-state index is 11.2. The molecule has 2 aromatic rings. The summed E-state index contributed by atoms with van der Waals surface area (Å²) in [5.41, 5.74) is 2.16. The molecule has 0 spiro atoms. The topological polar surface area (TPSA) is 54.9 Å². The van der Waals surface area contributed by atoms with Crippen LogP contribution in [0.15, 0.2) is 30.3 Å². The maximum absolute atomic E-state index is 11.2. The third kappa shape index (κ3) is 4.12. The summed E-state index contributed by atoms with van der Waals surface area (Å²) in [5, 5.41) is 10.5. The Balaban J connectivity index is 2.36. The minimum Gasteiger partial charge on any atom is -0.317 e. The monoisotopic (exact) mass is 355 g/mol. The standard InChI is InChI=1S/C15H15Cl2N3OS/c1-15(2,10-7-12(16)19-20-13(10)17)8-9-5-3-4-6-11(9)18-14(21)22/h3-7H,8H2,1-2H3,(H2,18,21,22). The Labute approximate surface area is 144 Å². The molecule has 1 aromatic heterocycles. The lowest BCUT2D eigenvalue weighted by molar-refractivity contribution is 0.270. The van der Waals surface area contributed by atoms with Crippen molar-refractivity contribution in [2.24, 2.45) is 0 Å². The highest BCUT2D eigenvalue weighted by Crippen LogP contribution is 2.34. The highest BCUT2D eigenvalue weighted by atomic mass is 35.5. The molecule has 1 amide bonds. The highest BCUT2D eigenvalue weighted by molar-refractivity contribution is 7.96. The number of para-hydroxylation sites is 1. The SMILES string of the molecule is CC(C)(Cc1ccccc1NC(=O)S)c1cc(Cl)nnc1Cl. The summed E-state index contributed by atoms with van der Waals surface area (Å²) in [6.45, 7) is 4.07. The van der Waals surface area contributed by atoms with E-state index >= 15 is 0 Å². The molecule has 0 radical (unpaired) electrons. The molecule has 1 aromatic carbocycles. The van der Waals surface area contributed by atoms with Gasteiger partial charge in [-0.1, -0.05) is 67.9 Å². The zero-order chi connectivity index (χ0) is 16.3. The van der Waals surface area contributed by atoms with Crippen LogP contribution in [0.5, 0.6) is 0 Å². The maximum Gasteiger partial charge on any atom is 0.280 e. The van der Waals surface area contributed by atoms with E-state index < -0.39 is 5.24 Å². The Morgan fingerprint density at radius 2 is 1.95 bits per heavy atom. The van der Waals surface area contributed by atoms with Crippen molar-refractivity contribution < 1.29 is 4.79 Å². The molecule has 2 rings (SSSR count). The van der Waals surface area contributed by atoms with Crippen LogP contribution in [0, 0.1) is 0 Å². The van der Waals surface area contributed by atoms with Crippen molar-refractivity contribution in [3.05, 3.63) is 51.8 Å². The van der Waals surface area contributed by atoms with Crippen LogP contribution in [-0.4, -0.2) is 15.4 Å². The van der Waals surface area contributed by atoms with Crippen LogP contribution in [0.2, 0.25) is 10.3 Å². The van der Waals surface area contributed by atoms with E-state index in [0.29, 0.717) is 16.7 Å². The molecule has 0 unspecified atom stereocenters. The molecule has 0 saturated heterocycles. The van der Waals surface area contributed by atoms with Crippen molar-refractivity contribution in [3.8, 4) is 0 Å². The second kappa shape index (κ2) is 6.86. The Kier molecular flexibility index (Phi) is 5.32. The summed E-state index contributed by atoms with van der Waals surface area (Å²) in [5.74, 6) is 0. The number of rotatable bonds is 4. The normalized spacial score (nSPS) is 11.3. The van der Waals surface area contributed by atoms with E-state index in [1.807, 2.05) is 38.1 Å². The molecule has 22 heavy (non-hydrogen) atoms. The first-order valence-corrected chi connectivity index (χ1v) is 7.77. The van der Waals surface area contributed by atoms with Crippen LogP contribution in [0.25, 0.3) is 0 Å². The third-order valence-corrected chi connectivity index (χ3v) is 3.92. The van der Waals surface area contributed by atoms with E-state index in [1.165, 1.54) is 0 Å². The smallest absolute Gasteiger partial charge is 0.280 e. The number of nitrogens with one attached hydrogen (secondary N) is 1. The number of hydrogen-bond donors (Lipinski definition) is 2. The molecular weight excluding hydrogens is 341 g/mol. The van der Waals surface area contributed by atoms with E-state index in [9.17, 15) is 4.79 Å². The summed E-state index contributed by atoms with van der Waals surface area (Å²) < 4.78 is 0. The van der Waals surface area contributed by atoms with Crippen molar-refractivity contribution >= 4 is 46.8 Å².